The van der Waals surface area contributed by atoms with E-state index in [2.05, 4.69) is 44.8 Å². The SMILES string of the molecule is CCN(CC)CCCC(C)NC1=NCC(CC)(CC)CS1. The zero-order valence-corrected chi connectivity index (χ0v) is 15.6. The van der Waals surface area contributed by atoms with Crippen LogP contribution in [0.2, 0.25) is 0 Å². The van der Waals surface area contributed by atoms with Gasteiger partial charge in [-0.1, -0.05) is 39.5 Å². The minimum absolute atomic E-state index is 0.446. The van der Waals surface area contributed by atoms with Gasteiger partial charge in [0.25, 0.3) is 0 Å². The monoisotopic (exact) mass is 313 g/mol. The van der Waals surface area contributed by atoms with Gasteiger partial charge in [0.2, 0.25) is 0 Å². The number of hydrogen-bond acceptors (Lipinski definition) is 4. The highest BCUT2D eigenvalue weighted by molar-refractivity contribution is 8.13. The number of amidine groups is 1. The third-order valence-electron chi connectivity index (χ3n) is 4.95. The molecule has 0 aromatic carbocycles. The molecule has 0 spiro atoms. The van der Waals surface area contributed by atoms with Gasteiger partial charge in [-0.15, -0.1) is 0 Å². The van der Waals surface area contributed by atoms with Gasteiger partial charge in [-0.3, -0.25) is 4.99 Å². The van der Waals surface area contributed by atoms with Gasteiger partial charge >= 0.3 is 0 Å². The van der Waals surface area contributed by atoms with Gasteiger partial charge in [-0.2, -0.15) is 0 Å². The molecule has 0 aromatic heterocycles. The summed E-state index contributed by atoms with van der Waals surface area (Å²) in [7, 11) is 0. The summed E-state index contributed by atoms with van der Waals surface area (Å²) in [6, 6.07) is 0.530. The van der Waals surface area contributed by atoms with Gasteiger partial charge in [-0.25, -0.2) is 0 Å². The van der Waals surface area contributed by atoms with Crippen molar-refractivity contribution in [2.75, 3.05) is 31.9 Å². The van der Waals surface area contributed by atoms with Crippen LogP contribution < -0.4 is 5.32 Å². The van der Waals surface area contributed by atoms with Crippen LogP contribution in [0.3, 0.4) is 0 Å². The van der Waals surface area contributed by atoms with E-state index in [-0.39, 0.29) is 0 Å². The van der Waals surface area contributed by atoms with E-state index in [1.54, 1.807) is 0 Å². The number of nitrogens with zero attached hydrogens (tertiary/aromatic N) is 2. The maximum absolute atomic E-state index is 4.80. The van der Waals surface area contributed by atoms with E-state index in [0.29, 0.717) is 11.5 Å². The van der Waals surface area contributed by atoms with Crippen LogP contribution in [-0.2, 0) is 0 Å². The lowest BCUT2D eigenvalue weighted by Crippen LogP contribution is -2.38. The lowest BCUT2D eigenvalue weighted by Gasteiger charge is -2.34. The predicted octanol–water partition coefficient (Wildman–Crippen LogP) is 4.00. The standard InChI is InChI=1S/C17H35N3S/c1-6-17(7-2)13-18-16(21-14-17)19-15(5)11-10-12-20(8-3)9-4/h15H,6-14H2,1-5H3,(H,18,19). The zero-order chi connectivity index (χ0) is 15.7. The molecule has 0 amide bonds. The summed E-state index contributed by atoms with van der Waals surface area (Å²) >= 11 is 1.92. The van der Waals surface area contributed by atoms with E-state index in [1.165, 1.54) is 43.1 Å². The maximum Gasteiger partial charge on any atom is 0.156 e. The Hall–Kier alpha value is -0.220. The molecule has 1 heterocycles. The molecule has 4 heteroatoms. The molecule has 0 aliphatic carbocycles. The first-order valence-corrected chi connectivity index (χ1v) is 9.73. The minimum Gasteiger partial charge on any atom is -0.362 e. The number of aliphatic imine (C=N–C) groups is 1. The summed E-state index contributed by atoms with van der Waals surface area (Å²) in [6.45, 7) is 15.9. The van der Waals surface area contributed by atoms with Crippen LogP contribution in [0.15, 0.2) is 4.99 Å². The predicted molar refractivity (Wildman–Crippen MR) is 97.4 cm³/mol. The van der Waals surface area contributed by atoms with Gasteiger partial charge in [0.15, 0.2) is 5.17 Å². The normalized spacial score (nSPS) is 19.4. The van der Waals surface area contributed by atoms with E-state index in [1.807, 2.05) is 11.8 Å². The largest absolute Gasteiger partial charge is 0.362 e. The molecule has 0 bridgehead atoms. The molecule has 124 valence electrons. The summed E-state index contributed by atoms with van der Waals surface area (Å²) in [4.78, 5) is 7.29. The van der Waals surface area contributed by atoms with Gasteiger partial charge in [-0.05, 0) is 57.7 Å². The van der Waals surface area contributed by atoms with Crippen LogP contribution in [0.25, 0.3) is 0 Å². The first kappa shape index (κ1) is 18.8. The number of nitrogens with one attached hydrogen (secondary N) is 1. The molecule has 3 nitrogen and oxygen atoms in total. The smallest absolute Gasteiger partial charge is 0.156 e. The van der Waals surface area contributed by atoms with Crippen molar-refractivity contribution in [3.05, 3.63) is 0 Å². The summed E-state index contributed by atoms with van der Waals surface area (Å²) < 4.78 is 0. The molecular weight excluding hydrogens is 278 g/mol. The second-order valence-corrected chi connectivity index (χ2v) is 7.30. The van der Waals surface area contributed by atoms with Crippen LogP contribution in [0, 0.1) is 5.41 Å². The number of rotatable bonds is 9. The first-order valence-electron chi connectivity index (χ1n) is 8.75. The summed E-state index contributed by atoms with van der Waals surface area (Å²) in [5.74, 6) is 1.22. The maximum atomic E-state index is 4.80. The molecular formula is C17H35N3S. The molecule has 1 atom stereocenters. The molecule has 0 saturated heterocycles. The van der Waals surface area contributed by atoms with E-state index >= 15 is 0 Å². The number of thioether (sulfide) groups is 1. The Morgan fingerprint density at radius 2 is 1.90 bits per heavy atom. The topological polar surface area (TPSA) is 27.6 Å². The summed E-state index contributed by atoms with van der Waals surface area (Å²) in [5, 5.41) is 4.78. The van der Waals surface area contributed by atoms with Crippen molar-refractivity contribution in [2.24, 2.45) is 10.4 Å². The molecule has 0 radical (unpaired) electrons. The van der Waals surface area contributed by atoms with Gasteiger partial charge < -0.3 is 10.2 Å². The summed E-state index contributed by atoms with van der Waals surface area (Å²) in [6.07, 6.45) is 4.98. The fourth-order valence-electron chi connectivity index (χ4n) is 2.76. The Morgan fingerprint density at radius 1 is 1.24 bits per heavy atom. The second kappa shape index (κ2) is 9.73. The van der Waals surface area contributed by atoms with Crippen molar-refractivity contribution in [1.82, 2.24) is 10.2 Å². The van der Waals surface area contributed by atoms with Crippen LogP contribution in [0.4, 0.5) is 0 Å². The van der Waals surface area contributed by atoms with Gasteiger partial charge in [0.1, 0.15) is 0 Å². The average Bonchev–Trinajstić information content (AvgIpc) is 2.52. The molecule has 1 N–H and O–H groups in total. The number of hydrogen-bond donors (Lipinski definition) is 1. The molecule has 1 unspecified atom stereocenters. The van der Waals surface area contributed by atoms with Gasteiger partial charge in [0, 0.05) is 18.3 Å². The fraction of sp³-hybridized carbons (Fsp3) is 0.941. The zero-order valence-electron chi connectivity index (χ0n) is 14.7. The Labute approximate surface area is 136 Å². The molecule has 0 saturated carbocycles. The third kappa shape index (κ3) is 6.19. The molecule has 1 aliphatic rings. The molecule has 1 aliphatic heterocycles. The van der Waals surface area contributed by atoms with E-state index in [4.69, 9.17) is 4.99 Å². The van der Waals surface area contributed by atoms with Crippen molar-refractivity contribution < 1.29 is 0 Å². The lowest BCUT2D eigenvalue weighted by molar-refractivity contribution is 0.292. The van der Waals surface area contributed by atoms with Crippen molar-refractivity contribution >= 4 is 16.9 Å². The van der Waals surface area contributed by atoms with Crippen LogP contribution in [-0.4, -0.2) is 48.0 Å². The average molecular weight is 314 g/mol. The van der Waals surface area contributed by atoms with E-state index in [0.717, 1.165) is 19.6 Å². The van der Waals surface area contributed by atoms with Crippen molar-refractivity contribution in [1.29, 1.82) is 0 Å². The van der Waals surface area contributed by atoms with Gasteiger partial charge in [0.05, 0.1) is 0 Å². The fourth-order valence-corrected chi connectivity index (χ4v) is 4.14. The summed E-state index contributed by atoms with van der Waals surface area (Å²) in [5.41, 5.74) is 0.446. The van der Waals surface area contributed by atoms with Crippen molar-refractivity contribution in [3.63, 3.8) is 0 Å². The Balaban J connectivity index is 2.29. The van der Waals surface area contributed by atoms with Crippen LogP contribution in [0.5, 0.6) is 0 Å². The molecule has 0 aromatic rings. The highest BCUT2D eigenvalue weighted by Gasteiger charge is 2.30. The van der Waals surface area contributed by atoms with E-state index < -0.39 is 0 Å². The Morgan fingerprint density at radius 3 is 2.38 bits per heavy atom. The molecule has 1 rings (SSSR count). The van der Waals surface area contributed by atoms with Crippen molar-refractivity contribution in [2.45, 2.75) is 66.3 Å². The minimum atomic E-state index is 0.446. The van der Waals surface area contributed by atoms with Crippen molar-refractivity contribution in [3.8, 4) is 0 Å². The quantitative estimate of drug-likeness (QED) is 0.697. The first-order chi connectivity index (χ1) is 10.1. The molecule has 0 fully saturated rings. The Kier molecular flexibility index (Phi) is 8.72. The Bertz CT molecular complexity index is 309. The van der Waals surface area contributed by atoms with Crippen LogP contribution in [0.1, 0.15) is 60.3 Å². The highest BCUT2D eigenvalue weighted by atomic mass is 32.2. The third-order valence-corrected chi connectivity index (χ3v) is 6.23. The van der Waals surface area contributed by atoms with Crippen LogP contribution >= 0.6 is 11.8 Å². The molecule has 21 heavy (non-hydrogen) atoms. The van der Waals surface area contributed by atoms with E-state index in [9.17, 15) is 0 Å². The highest BCUT2D eigenvalue weighted by Crippen LogP contribution is 2.34. The second-order valence-electron chi connectivity index (χ2n) is 6.33. The lowest BCUT2D eigenvalue weighted by atomic mass is 9.84.